The van der Waals surface area contributed by atoms with Gasteiger partial charge in [0.25, 0.3) is 0 Å². The van der Waals surface area contributed by atoms with E-state index in [1.54, 1.807) is 0 Å². The molecule has 1 amide bonds. The third-order valence-corrected chi connectivity index (χ3v) is 4.07. The molecule has 0 saturated carbocycles. The van der Waals surface area contributed by atoms with E-state index in [1.165, 1.54) is 0 Å². The number of fused-ring (bicyclic) bond motifs is 1. The van der Waals surface area contributed by atoms with Crippen molar-refractivity contribution in [1.82, 2.24) is 15.1 Å². The molecule has 2 aromatic rings. The minimum atomic E-state index is -0.128. The number of aryl methyl sites for hydroxylation is 2. The van der Waals surface area contributed by atoms with Crippen molar-refractivity contribution >= 4 is 5.91 Å². The van der Waals surface area contributed by atoms with E-state index >= 15 is 0 Å². The van der Waals surface area contributed by atoms with E-state index in [1.807, 2.05) is 49.0 Å². The van der Waals surface area contributed by atoms with Gasteiger partial charge in [0, 0.05) is 24.8 Å². The molecule has 5 heteroatoms. The smallest absolute Gasteiger partial charge is 0.227 e. The van der Waals surface area contributed by atoms with E-state index in [9.17, 15) is 4.79 Å². The molecule has 1 aliphatic heterocycles. The number of nitrogens with one attached hydrogen (secondary N) is 1. The zero-order valence-electron chi connectivity index (χ0n) is 13.0. The van der Waals surface area contributed by atoms with Gasteiger partial charge < -0.3 is 10.1 Å². The number of benzene rings is 1. The second kappa shape index (κ2) is 6.22. The van der Waals surface area contributed by atoms with Gasteiger partial charge in [-0.3, -0.25) is 9.48 Å². The fourth-order valence-electron chi connectivity index (χ4n) is 2.72. The predicted octanol–water partition coefficient (Wildman–Crippen LogP) is 2.08. The van der Waals surface area contributed by atoms with E-state index < -0.39 is 0 Å². The van der Waals surface area contributed by atoms with Gasteiger partial charge in [-0.1, -0.05) is 18.2 Å². The molecule has 116 valence electrons. The molecule has 1 aromatic carbocycles. The summed E-state index contributed by atoms with van der Waals surface area (Å²) < 4.78 is 7.56. The molecule has 1 unspecified atom stereocenters. The lowest BCUT2D eigenvalue weighted by molar-refractivity contribution is -0.126. The number of aromatic nitrogens is 2. The Kier molecular flexibility index (Phi) is 4.13. The number of carbonyl (C=O) groups is 1. The first-order valence-electron chi connectivity index (χ1n) is 7.68. The van der Waals surface area contributed by atoms with Crippen LogP contribution in [0.3, 0.4) is 0 Å². The molecule has 1 aromatic heterocycles. The number of carbonyl (C=O) groups excluding carboxylic acids is 1. The number of amides is 1. The monoisotopic (exact) mass is 299 g/mol. The maximum Gasteiger partial charge on any atom is 0.227 e. The van der Waals surface area contributed by atoms with Gasteiger partial charge in [0.1, 0.15) is 12.4 Å². The summed E-state index contributed by atoms with van der Waals surface area (Å²) >= 11 is 0. The summed E-state index contributed by atoms with van der Waals surface area (Å²) in [6.07, 6.45) is 2.72. The number of para-hydroxylation sites is 1. The Morgan fingerprint density at radius 3 is 3.05 bits per heavy atom. The van der Waals surface area contributed by atoms with Gasteiger partial charge in [-0.15, -0.1) is 0 Å². The summed E-state index contributed by atoms with van der Waals surface area (Å²) in [5.41, 5.74) is 3.13. The van der Waals surface area contributed by atoms with Crippen LogP contribution in [0.5, 0.6) is 5.75 Å². The molecule has 1 atom stereocenters. The lowest BCUT2D eigenvalue weighted by Gasteiger charge is -2.24. The lowest BCUT2D eigenvalue weighted by Crippen LogP contribution is -2.37. The van der Waals surface area contributed by atoms with Gasteiger partial charge in [0.05, 0.1) is 11.6 Å². The summed E-state index contributed by atoms with van der Waals surface area (Å²) in [6, 6.07) is 7.90. The SMILES string of the molecule is CCn1cc(CNC(=O)C2COc3ccccc3C2)c(C)n1. The molecular weight excluding hydrogens is 278 g/mol. The second-order valence-corrected chi connectivity index (χ2v) is 5.63. The van der Waals surface area contributed by atoms with Crippen LogP contribution in [0.15, 0.2) is 30.5 Å². The summed E-state index contributed by atoms with van der Waals surface area (Å²) in [7, 11) is 0. The number of hydrogen-bond acceptors (Lipinski definition) is 3. The first kappa shape index (κ1) is 14.6. The van der Waals surface area contributed by atoms with Crippen molar-refractivity contribution in [2.45, 2.75) is 33.4 Å². The van der Waals surface area contributed by atoms with E-state index in [4.69, 9.17) is 4.74 Å². The van der Waals surface area contributed by atoms with E-state index in [2.05, 4.69) is 10.4 Å². The number of ether oxygens (including phenoxy) is 1. The zero-order chi connectivity index (χ0) is 15.5. The Bertz CT molecular complexity index is 678. The molecule has 0 spiro atoms. The Morgan fingerprint density at radius 1 is 1.45 bits per heavy atom. The molecule has 2 heterocycles. The quantitative estimate of drug-likeness (QED) is 0.940. The predicted molar refractivity (Wildman–Crippen MR) is 83.6 cm³/mol. The molecule has 22 heavy (non-hydrogen) atoms. The van der Waals surface area contributed by atoms with Crippen LogP contribution in [-0.2, 0) is 24.3 Å². The first-order chi connectivity index (χ1) is 10.7. The van der Waals surface area contributed by atoms with E-state index in [0.717, 1.165) is 35.5 Å². The van der Waals surface area contributed by atoms with Gasteiger partial charge in [-0.05, 0) is 31.9 Å². The van der Waals surface area contributed by atoms with Crippen molar-refractivity contribution in [3.05, 3.63) is 47.3 Å². The average molecular weight is 299 g/mol. The highest BCUT2D eigenvalue weighted by Gasteiger charge is 2.25. The Morgan fingerprint density at radius 2 is 2.27 bits per heavy atom. The van der Waals surface area contributed by atoms with Crippen LogP contribution >= 0.6 is 0 Å². The minimum absolute atomic E-state index is 0.0400. The molecule has 1 aliphatic rings. The van der Waals surface area contributed by atoms with Crippen molar-refractivity contribution in [2.24, 2.45) is 5.92 Å². The van der Waals surface area contributed by atoms with E-state index in [-0.39, 0.29) is 11.8 Å². The molecule has 0 radical (unpaired) electrons. The van der Waals surface area contributed by atoms with Crippen molar-refractivity contribution in [1.29, 1.82) is 0 Å². The van der Waals surface area contributed by atoms with Crippen LogP contribution in [0.4, 0.5) is 0 Å². The average Bonchev–Trinajstić information content (AvgIpc) is 2.92. The summed E-state index contributed by atoms with van der Waals surface area (Å²) in [6.45, 7) is 5.81. The van der Waals surface area contributed by atoms with Crippen LogP contribution in [0.1, 0.15) is 23.7 Å². The molecule has 3 rings (SSSR count). The van der Waals surface area contributed by atoms with Crippen molar-refractivity contribution in [3.63, 3.8) is 0 Å². The topological polar surface area (TPSA) is 56.2 Å². The Balaban J connectivity index is 1.60. The van der Waals surface area contributed by atoms with Crippen molar-refractivity contribution in [2.75, 3.05) is 6.61 Å². The standard InChI is InChI=1S/C17H21N3O2/c1-3-20-10-15(12(2)19-20)9-18-17(21)14-8-13-6-4-5-7-16(13)22-11-14/h4-7,10,14H,3,8-9,11H2,1-2H3,(H,18,21). The number of rotatable bonds is 4. The van der Waals surface area contributed by atoms with Gasteiger partial charge in [0.15, 0.2) is 0 Å². The fraction of sp³-hybridized carbons (Fsp3) is 0.412. The largest absolute Gasteiger partial charge is 0.492 e. The molecule has 5 nitrogen and oxygen atoms in total. The van der Waals surface area contributed by atoms with E-state index in [0.29, 0.717) is 13.2 Å². The lowest BCUT2D eigenvalue weighted by atomic mass is 9.96. The second-order valence-electron chi connectivity index (χ2n) is 5.63. The highest BCUT2D eigenvalue weighted by atomic mass is 16.5. The summed E-state index contributed by atoms with van der Waals surface area (Å²) in [5.74, 6) is 0.807. The molecule has 0 bridgehead atoms. The van der Waals surface area contributed by atoms with Gasteiger partial charge >= 0.3 is 0 Å². The number of nitrogens with zero attached hydrogens (tertiary/aromatic N) is 2. The molecular formula is C17H21N3O2. The van der Waals surface area contributed by atoms with Crippen molar-refractivity contribution < 1.29 is 9.53 Å². The highest BCUT2D eigenvalue weighted by Crippen LogP contribution is 2.26. The van der Waals surface area contributed by atoms with Gasteiger partial charge in [-0.25, -0.2) is 0 Å². The van der Waals surface area contributed by atoms with Crippen LogP contribution in [0.25, 0.3) is 0 Å². The molecule has 0 saturated heterocycles. The zero-order valence-corrected chi connectivity index (χ0v) is 13.0. The summed E-state index contributed by atoms with van der Waals surface area (Å²) in [5, 5.41) is 7.40. The van der Waals surface area contributed by atoms with Crippen LogP contribution in [0, 0.1) is 12.8 Å². The molecule has 1 N–H and O–H groups in total. The van der Waals surface area contributed by atoms with Gasteiger partial charge in [-0.2, -0.15) is 5.10 Å². The molecule has 0 aliphatic carbocycles. The van der Waals surface area contributed by atoms with Crippen LogP contribution in [-0.4, -0.2) is 22.3 Å². The normalized spacial score (nSPS) is 16.7. The van der Waals surface area contributed by atoms with Gasteiger partial charge in [0.2, 0.25) is 5.91 Å². The van der Waals surface area contributed by atoms with Crippen LogP contribution < -0.4 is 10.1 Å². The maximum atomic E-state index is 12.4. The minimum Gasteiger partial charge on any atom is -0.492 e. The first-order valence-corrected chi connectivity index (χ1v) is 7.68. The summed E-state index contributed by atoms with van der Waals surface area (Å²) in [4.78, 5) is 12.4. The fourth-order valence-corrected chi connectivity index (χ4v) is 2.72. The molecule has 0 fully saturated rings. The third-order valence-electron chi connectivity index (χ3n) is 4.07. The Hall–Kier alpha value is -2.30. The Labute approximate surface area is 130 Å². The van der Waals surface area contributed by atoms with Crippen LogP contribution in [0.2, 0.25) is 0 Å². The highest BCUT2D eigenvalue weighted by molar-refractivity contribution is 5.79. The van der Waals surface area contributed by atoms with Crippen molar-refractivity contribution in [3.8, 4) is 5.75 Å². The third kappa shape index (κ3) is 2.98. The maximum absolute atomic E-state index is 12.4. The number of hydrogen-bond donors (Lipinski definition) is 1.